The minimum Gasteiger partial charge on any atom is -0.338 e. The molecule has 3 rings (SSSR count). The van der Waals surface area contributed by atoms with Crippen LogP contribution >= 0.6 is 11.6 Å². The molecule has 0 N–H and O–H groups in total. The van der Waals surface area contributed by atoms with Gasteiger partial charge in [-0.05, 0) is 19.3 Å². The Hall–Kier alpha value is -1.49. The van der Waals surface area contributed by atoms with Crippen LogP contribution in [-0.4, -0.2) is 34.7 Å². The van der Waals surface area contributed by atoms with Gasteiger partial charge >= 0.3 is 6.03 Å². The molecule has 2 aliphatic rings. The predicted octanol–water partition coefficient (Wildman–Crippen LogP) is 2.93. The molecule has 6 heteroatoms. The van der Waals surface area contributed by atoms with Gasteiger partial charge in [-0.3, -0.25) is 0 Å². The summed E-state index contributed by atoms with van der Waals surface area (Å²) in [6.07, 6.45) is 4.70. The van der Waals surface area contributed by atoms with Crippen LogP contribution in [0.3, 0.4) is 0 Å². The molecule has 2 fully saturated rings. The highest BCUT2D eigenvalue weighted by atomic mass is 35.5. The van der Waals surface area contributed by atoms with E-state index in [9.17, 15) is 4.79 Å². The summed E-state index contributed by atoms with van der Waals surface area (Å²) in [5, 5.41) is 4.02. The molecule has 0 spiro atoms. The van der Waals surface area contributed by atoms with E-state index in [1.807, 2.05) is 6.07 Å². The zero-order valence-electron chi connectivity index (χ0n) is 10.8. The lowest BCUT2D eigenvalue weighted by Gasteiger charge is -2.18. The molecule has 1 saturated heterocycles. The molecule has 1 saturated carbocycles. The van der Waals surface area contributed by atoms with E-state index in [-0.39, 0.29) is 12.1 Å². The normalized spacial score (nSPS) is 27.2. The minimum atomic E-state index is -0.462. The van der Waals surface area contributed by atoms with E-state index in [1.165, 1.54) is 4.90 Å². The summed E-state index contributed by atoms with van der Waals surface area (Å²) in [5.74, 6) is 0.927. The van der Waals surface area contributed by atoms with Crippen LogP contribution in [0.15, 0.2) is 23.2 Å². The van der Waals surface area contributed by atoms with E-state index in [4.69, 9.17) is 16.1 Å². The van der Waals surface area contributed by atoms with Crippen LogP contribution in [0.1, 0.15) is 30.9 Å². The lowest BCUT2D eigenvalue weighted by molar-refractivity contribution is 0.218. The van der Waals surface area contributed by atoms with Crippen molar-refractivity contribution in [3.8, 4) is 0 Å². The van der Waals surface area contributed by atoms with Gasteiger partial charge in [-0.1, -0.05) is 22.8 Å². The summed E-state index contributed by atoms with van der Waals surface area (Å²) in [6.45, 7) is 3.70. The van der Waals surface area contributed by atoms with Gasteiger partial charge in [0.15, 0.2) is 0 Å². The van der Waals surface area contributed by atoms with E-state index in [1.54, 1.807) is 18.0 Å². The van der Waals surface area contributed by atoms with Gasteiger partial charge in [0.2, 0.25) is 5.88 Å². The molecule has 2 heterocycles. The lowest BCUT2D eigenvalue weighted by atomic mass is 10.2. The number of hydrogen-bond acceptors (Lipinski definition) is 3. The number of amides is 2. The number of urea groups is 1. The van der Waals surface area contributed by atoms with Crippen LogP contribution in [0.25, 0.3) is 0 Å². The number of hydrogen-bond donors (Lipinski definition) is 0. The van der Waals surface area contributed by atoms with E-state index >= 15 is 0 Å². The molecule has 102 valence electrons. The zero-order valence-corrected chi connectivity index (χ0v) is 11.5. The number of carbonyl (C=O) groups excluding carboxylic acids is 1. The van der Waals surface area contributed by atoms with E-state index < -0.39 is 5.50 Å². The zero-order chi connectivity index (χ0) is 13.6. The molecule has 0 radical (unpaired) electrons. The number of likely N-dealkylation sites (N-methyl/N-ethyl adjacent to an activating group) is 1. The average molecular weight is 282 g/mol. The average Bonchev–Trinajstić information content (AvgIpc) is 3.10. The van der Waals surface area contributed by atoms with Crippen molar-refractivity contribution in [1.29, 1.82) is 0 Å². The molecule has 1 aliphatic carbocycles. The molecule has 0 aromatic carbocycles. The Morgan fingerprint density at radius 3 is 3.00 bits per heavy atom. The number of halogens is 1. The highest BCUT2D eigenvalue weighted by Crippen LogP contribution is 2.41. The number of anilines is 1. The van der Waals surface area contributed by atoms with Crippen molar-refractivity contribution in [2.24, 2.45) is 0 Å². The van der Waals surface area contributed by atoms with Crippen molar-refractivity contribution in [3.05, 3.63) is 24.4 Å². The monoisotopic (exact) mass is 281 g/mol. The number of nitrogens with zero attached hydrogens (tertiary/aromatic N) is 3. The van der Waals surface area contributed by atoms with Crippen LogP contribution in [0.2, 0.25) is 0 Å². The van der Waals surface area contributed by atoms with Crippen molar-refractivity contribution in [2.45, 2.75) is 36.7 Å². The van der Waals surface area contributed by atoms with Crippen molar-refractivity contribution in [1.82, 2.24) is 10.1 Å². The molecule has 19 heavy (non-hydrogen) atoms. The fraction of sp³-hybridized carbons (Fsp3) is 0.538. The van der Waals surface area contributed by atoms with Crippen molar-refractivity contribution < 1.29 is 9.32 Å². The second-order valence-corrected chi connectivity index (χ2v) is 5.54. The van der Waals surface area contributed by atoms with Gasteiger partial charge in [0, 0.05) is 19.0 Å². The number of aromatic nitrogens is 1. The fourth-order valence-corrected chi connectivity index (χ4v) is 2.85. The molecule has 5 nitrogen and oxygen atoms in total. The maximum atomic E-state index is 12.2. The second kappa shape index (κ2) is 4.56. The Kier molecular flexibility index (Phi) is 3.01. The summed E-state index contributed by atoms with van der Waals surface area (Å²) < 4.78 is 5.28. The molecule has 2 unspecified atom stereocenters. The first-order valence-corrected chi connectivity index (χ1v) is 6.84. The smallest absolute Gasteiger partial charge is 0.328 e. The third-order valence-corrected chi connectivity index (χ3v) is 4.21. The topological polar surface area (TPSA) is 49.6 Å². The fourth-order valence-electron chi connectivity index (χ4n) is 2.39. The van der Waals surface area contributed by atoms with Crippen LogP contribution in [-0.2, 0) is 0 Å². The van der Waals surface area contributed by atoms with Crippen LogP contribution < -0.4 is 4.90 Å². The summed E-state index contributed by atoms with van der Waals surface area (Å²) in [7, 11) is 1.74. The van der Waals surface area contributed by atoms with E-state index in [0.29, 0.717) is 18.2 Å². The number of carbonyl (C=O) groups is 1. The van der Waals surface area contributed by atoms with Crippen LogP contribution in [0.5, 0.6) is 0 Å². The van der Waals surface area contributed by atoms with Gasteiger partial charge in [0.1, 0.15) is 5.50 Å². The van der Waals surface area contributed by atoms with Crippen molar-refractivity contribution in [3.63, 3.8) is 0 Å². The standard InChI is InChI=1S/C13H16ClN3O2/c1-3-4-10-12(14)17(13(18)16(10)2)11-7-9(15-19-11)8-5-6-8/h3,7-8,10,12H,1,4-6H2,2H3. The summed E-state index contributed by atoms with van der Waals surface area (Å²) in [4.78, 5) is 15.3. The SMILES string of the molecule is C=CCC1C(Cl)N(c2cc(C3CC3)no2)C(=O)N1C. The Morgan fingerprint density at radius 1 is 1.63 bits per heavy atom. The summed E-state index contributed by atoms with van der Waals surface area (Å²) >= 11 is 6.38. The molecule has 2 amide bonds. The summed E-state index contributed by atoms with van der Waals surface area (Å²) in [6, 6.07) is 1.57. The Morgan fingerprint density at radius 2 is 2.37 bits per heavy atom. The first-order chi connectivity index (χ1) is 9.13. The second-order valence-electron chi connectivity index (χ2n) is 5.09. The first-order valence-electron chi connectivity index (χ1n) is 6.41. The molecule has 0 bridgehead atoms. The van der Waals surface area contributed by atoms with E-state index in [0.717, 1.165) is 18.5 Å². The van der Waals surface area contributed by atoms with E-state index in [2.05, 4.69) is 11.7 Å². The molecule has 1 aromatic heterocycles. The van der Waals surface area contributed by atoms with Gasteiger partial charge in [0.05, 0.1) is 11.7 Å². The van der Waals surface area contributed by atoms with Gasteiger partial charge < -0.3 is 9.42 Å². The lowest BCUT2D eigenvalue weighted by Crippen LogP contribution is -2.31. The predicted molar refractivity (Wildman–Crippen MR) is 72.4 cm³/mol. The maximum absolute atomic E-state index is 12.2. The third kappa shape index (κ3) is 2.02. The molecule has 2 atom stereocenters. The maximum Gasteiger partial charge on any atom is 0.328 e. The first kappa shape index (κ1) is 12.5. The Bertz CT molecular complexity index is 512. The van der Waals surface area contributed by atoms with Crippen molar-refractivity contribution in [2.75, 3.05) is 11.9 Å². The van der Waals surface area contributed by atoms with Crippen LogP contribution in [0, 0.1) is 0 Å². The highest BCUT2D eigenvalue weighted by Gasteiger charge is 2.45. The number of alkyl halides is 1. The van der Waals surface area contributed by atoms with Crippen molar-refractivity contribution >= 4 is 23.5 Å². The van der Waals surface area contributed by atoms with Gasteiger partial charge in [-0.2, -0.15) is 0 Å². The summed E-state index contributed by atoms with van der Waals surface area (Å²) in [5.41, 5.74) is 0.456. The molecule has 1 aliphatic heterocycles. The molecule has 1 aromatic rings. The Balaban J connectivity index is 1.86. The van der Waals surface area contributed by atoms with Gasteiger partial charge in [-0.25, -0.2) is 9.69 Å². The quantitative estimate of drug-likeness (QED) is 0.484. The third-order valence-electron chi connectivity index (χ3n) is 3.73. The highest BCUT2D eigenvalue weighted by molar-refractivity contribution is 6.26. The molecular formula is C13H16ClN3O2. The Labute approximate surface area is 116 Å². The number of rotatable bonds is 4. The van der Waals surface area contributed by atoms with Crippen LogP contribution in [0.4, 0.5) is 10.7 Å². The minimum absolute atomic E-state index is 0.0962. The largest absolute Gasteiger partial charge is 0.338 e. The van der Waals surface area contributed by atoms with Gasteiger partial charge in [-0.15, -0.1) is 6.58 Å². The van der Waals surface area contributed by atoms with Gasteiger partial charge in [0.25, 0.3) is 0 Å². The molecular weight excluding hydrogens is 266 g/mol.